The zero-order chi connectivity index (χ0) is 18.1. The summed E-state index contributed by atoms with van der Waals surface area (Å²) in [6.07, 6.45) is 4.29. The third kappa shape index (κ3) is 3.54. The second-order valence-electron chi connectivity index (χ2n) is 7.45. The van der Waals surface area contributed by atoms with Crippen molar-refractivity contribution in [2.75, 3.05) is 26.3 Å². The molecule has 3 heterocycles. The lowest BCUT2D eigenvalue weighted by Gasteiger charge is -2.39. The smallest absolute Gasteiger partial charge is 0.169 e. The number of aryl methyl sites for hydroxylation is 1. The first-order valence-electron chi connectivity index (χ1n) is 9.35. The van der Waals surface area contributed by atoms with E-state index in [0.717, 1.165) is 43.9 Å². The van der Waals surface area contributed by atoms with E-state index in [1.165, 1.54) is 17.7 Å². The van der Waals surface area contributed by atoms with Gasteiger partial charge in [0.25, 0.3) is 0 Å². The van der Waals surface area contributed by atoms with Gasteiger partial charge >= 0.3 is 0 Å². The molecule has 0 bridgehead atoms. The highest BCUT2D eigenvalue weighted by Crippen LogP contribution is 2.34. The molecule has 0 radical (unpaired) electrons. The standard InChI is InChI=1S/C20H26FN3O2/c1-15-16(13-24(22-15)19-7-3-6-18(21)11-19)12-23-8-4-5-17(14-23)20(2)25-9-10-26-20/h3,6-7,11,13,17H,4-5,8-10,12,14H2,1-2H3. The monoisotopic (exact) mass is 359 g/mol. The number of rotatable bonds is 4. The van der Waals surface area contributed by atoms with Gasteiger partial charge in [0.05, 0.1) is 24.6 Å². The van der Waals surface area contributed by atoms with E-state index in [2.05, 4.69) is 16.9 Å². The van der Waals surface area contributed by atoms with Crippen LogP contribution in [0.2, 0.25) is 0 Å². The summed E-state index contributed by atoms with van der Waals surface area (Å²) < 4.78 is 27.0. The highest BCUT2D eigenvalue weighted by Gasteiger charge is 2.41. The fraction of sp³-hybridized carbons (Fsp3) is 0.550. The summed E-state index contributed by atoms with van der Waals surface area (Å²) >= 11 is 0. The van der Waals surface area contributed by atoms with Crippen LogP contribution in [0.1, 0.15) is 31.0 Å². The van der Waals surface area contributed by atoms with Gasteiger partial charge in [-0.3, -0.25) is 4.90 Å². The molecule has 2 fully saturated rings. The van der Waals surface area contributed by atoms with E-state index in [4.69, 9.17) is 9.47 Å². The predicted octanol–water partition coefficient (Wildman–Crippen LogP) is 3.29. The summed E-state index contributed by atoms with van der Waals surface area (Å²) in [5.41, 5.74) is 2.90. The number of aromatic nitrogens is 2. The molecule has 0 amide bonds. The number of ether oxygens (including phenoxy) is 2. The number of likely N-dealkylation sites (tertiary alicyclic amines) is 1. The quantitative estimate of drug-likeness (QED) is 0.840. The van der Waals surface area contributed by atoms with Gasteiger partial charge in [-0.15, -0.1) is 0 Å². The molecule has 140 valence electrons. The zero-order valence-electron chi connectivity index (χ0n) is 15.4. The molecule has 2 aromatic rings. The van der Waals surface area contributed by atoms with Crippen molar-refractivity contribution in [2.24, 2.45) is 5.92 Å². The van der Waals surface area contributed by atoms with Crippen molar-refractivity contribution < 1.29 is 13.9 Å². The fourth-order valence-electron chi connectivity index (χ4n) is 4.04. The molecule has 2 aliphatic rings. The molecule has 1 atom stereocenters. The molecular formula is C20H26FN3O2. The Morgan fingerprint density at radius 3 is 2.88 bits per heavy atom. The lowest BCUT2D eigenvalue weighted by Crippen LogP contribution is -2.46. The highest BCUT2D eigenvalue weighted by atomic mass is 19.1. The molecule has 4 rings (SSSR count). The van der Waals surface area contributed by atoms with E-state index in [-0.39, 0.29) is 5.82 Å². The summed E-state index contributed by atoms with van der Waals surface area (Å²) in [5, 5.41) is 4.57. The largest absolute Gasteiger partial charge is 0.347 e. The summed E-state index contributed by atoms with van der Waals surface area (Å²) in [6, 6.07) is 6.52. The second kappa shape index (κ2) is 7.10. The summed E-state index contributed by atoms with van der Waals surface area (Å²) in [7, 11) is 0. The molecule has 0 aliphatic carbocycles. The molecule has 1 aromatic heterocycles. The maximum atomic E-state index is 13.5. The molecular weight excluding hydrogens is 333 g/mol. The van der Waals surface area contributed by atoms with Gasteiger partial charge in [0.2, 0.25) is 0 Å². The van der Waals surface area contributed by atoms with Gasteiger partial charge in [-0.05, 0) is 51.4 Å². The summed E-state index contributed by atoms with van der Waals surface area (Å²) in [5.74, 6) is -0.308. The van der Waals surface area contributed by atoms with Crippen molar-refractivity contribution in [3.8, 4) is 5.69 Å². The molecule has 0 spiro atoms. The average molecular weight is 359 g/mol. The Morgan fingerprint density at radius 2 is 2.12 bits per heavy atom. The molecule has 2 aliphatic heterocycles. The van der Waals surface area contributed by atoms with Crippen LogP contribution in [0.15, 0.2) is 30.5 Å². The molecule has 1 unspecified atom stereocenters. The molecule has 6 heteroatoms. The van der Waals surface area contributed by atoms with Crippen LogP contribution in [0.25, 0.3) is 5.69 Å². The molecule has 2 saturated heterocycles. The van der Waals surface area contributed by atoms with Crippen LogP contribution >= 0.6 is 0 Å². The minimum Gasteiger partial charge on any atom is -0.347 e. The lowest BCUT2D eigenvalue weighted by atomic mass is 9.90. The number of piperidine rings is 1. The Hall–Kier alpha value is -1.76. The second-order valence-corrected chi connectivity index (χ2v) is 7.45. The molecule has 26 heavy (non-hydrogen) atoms. The first-order chi connectivity index (χ1) is 12.5. The van der Waals surface area contributed by atoms with E-state index >= 15 is 0 Å². The minimum absolute atomic E-state index is 0.249. The Labute approximate surface area is 153 Å². The normalized spacial score (nSPS) is 23.4. The fourth-order valence-corrected chi connectivity index (χ4v) is 4.04. The van der Waals surface area contributed by atoms with Crippen LogP contribution in [0, 0.1) is 18.7 Å². The third-order valence-corrected chi connectivity index (χ3v) is 5.58. The SMILES string of the molecule is Cc1nn(-c2cccc(F)c2)cc1CN1CCCC(C2(C)OCCO2)C1. The van der Waals surface area contributed by atoms with Gasteiger partial charge in [-0.2, -0.15) is 5.10 Å². The van der Waals surface area contributed by atoms with Gasteiger partial charge in [-0.25, -0.2) is 9.07 Å². The number of hydrogen-bond donors (Lipinski definition) is 0. The van der Waals surface area contributed by atoms with Crippen molar-refractivity contribution >= 4 is 0 Å². The summed E-state index contributed by atoms with van der Waals surface area (Å²) in [4.78, 5) is 2.45. The van der Waals surface area contributed by atoms with Crippen LogP contribution < -0.4 is 0 Å². The van der Waals surface area contributed by atoms with Crippen molar-refractivity contribution in [1.29, 1.82) is 0 Å². The van der Waals surface area contributed by atoms with Crippen molar-refractivity contribution in [1.82, 2.24) is 14.7 Å². The van der Waals surface area contributed by atoms with E-state index < -0.39 is 5.79 Å². The molecule has 5 nitrogen and oxygen atoms in total. The summed E-state index contributed by atoms with van der Waals surface area (Å²) in [6.45, 7) is 8.32. The van der Waals surface area contributed by atoms with E-state index in [9.17, 15) is 4.39 Å². The van der Waals surface area contributed by atoms with Crippen molar-refractivity contribution in [3.05, 3.63) is 47.5 Å². The van der Waals surface area contributed by atoms with Gasteiger partial charge < -0.3 is 9.47 Å². The van der Waals surface area contributed by atoms with Crippen LogP contribution in [0.5, 0.6) is 0 Å². The minimum atomic E-state index is -0.445. The molecule has 0 saturated carbocycles. The maximum absolute atomic E-state index is 13.5. The van der Waals surface area contributed by atoms with Gasteiger partial charge in [0.15, 0.2) is 5.79 Å². The van der Waals surface area contributed by atoms with E-state index in [0.29, 0.717) is 19.1 Å². The van der Waals surface area contributed by atoms with Gasteiger partial charge in [0.1, 0.15) is 5.82 Å². The van der Waals surface area contributed by atoms with Gasteiger partial charge in [0, 0.05) is 30.8 Å². The Kier molecular flexibility index (Phi) is 4.82. The third-order valence-electron chi connectivity index (χ3n) is 5.58. The first-order valence-corrected chi connectivity index (χ1v) is 9.35. The van der Waals surface area contributed by atoms with E-state index in [1.807, 2.05) is 19.2 Å². The molecule has 0 N–H and O–H groups in total. The van der Waals surface area contributed by atoms with Crippen LogP contribution in [0.4, 0.5) is 4.39 Å². The Balaban J connectivity index is 1.47. The lowest BCUT2D eigenvalue weighted by molar-refractivity contribution is -0.192. The van der Waals surface area contributed by atoms with Gasteiger partial charge in [-0.1, -0.05) is 6.07 Å². The van der Waals surface area contributed by atoms with E-state index in [1.54, 1.807) is 10.7 Å². The zero-order valence-corrected chi connectivity index (χ0v) is 15.4. The number of benzene rings is 1. The van der Waals surface area contributed by atoms with Crippen LogP contribution in [0.3, 0.4) is 0 Å². The number of hydrogen-bond acceptors (Lipinski definition) is 4. The predicted molar refractivity (Wildman–Crippen MR) is 96.6 cm³/mol. The number of halogens is 1. The average Bonchev–Trinajstić information content (AvgIpc) is 3.23. The van der Waals surface area contributed by atoms with Crippen LogP contribution in [-0.4, -0.2) is 46.8 Å². The molecule has 1 aromatic carbocycles. The maximum Gasteiger partial charge on any atom is 0.169 e. The Bertz CT molecular complexity index is 770. The van der Waals surface area contributed by atoms with Crippen molar-refractivity contribution in [2.45, 2.75) is 39.0 Å². The number of nitrogens with zero attached hydrogens (tertiary/aromatic N) is 3. The Morgan fingerprint density at radius 1 is 1.31 bits per heavy atom. The highest BCUT2D eigenvalue weighted by molar-refractivity contribution is 5.33. The van der Waals surface area contributed by atoms with Crippen LogP contribution in [-0.2, 0) is 16.0 Å². The topological polar surface area (TPSA) is 39.5 Å². The first kappa shape index (κ1) is 17.6. The van der Waals surface area contributed by atoms with Crippen molar-refractivity contribution in [3.63, 3.8) is 0 Å².